The van der Waals surface area contributed by atoms with E-state index in [-0.39, 0.29) is 11.6 Å². The highest BCUT2D eigenvalue weighted by atomic mass is 16.5. The van der Waals surface area contributed by atoms with Crippen molar-refractivity contribution in [1.82, 2.24) is 14.7 Å². The first-order valence-electron chi connectivity index (χ1n) is 10.5. The van der Waals surface area contributed by atoms with E-state index >= 15 is 0 Å². The molecule has 0 fully saturated rings. The van der Waals surface area contributed by atoms with Gasteiger partial charge in [-0.2, -0.15) is 9.78 Å². The summed E-state index contributed by atoms with van der Waals surface area (Å²) in [5, 5.41) is 4.37. The van der Waals surface area contributed by atoms with Crippen LogP contribution in [0.2, 0.25) is 0 Å². The Balaban J connectivity index is 1.66. The number of benzene rings is 2. The minimum absolute atomic E-state index is 0.165. The Morgan fingerprint density at radius 3 is 2.33 bits per heavy atom. The van der Waals surface area contributed by atoms with Crippen molar-refractivity contribution in [2.24, 2.45) is 0 Å². The lowest BCUT2D eigenvalue weighted by Crippen LogP contribution is -2.38. The second kappa shape index (κ2) is 9.60. The van der Waals surface area contributed by atoms with E-state index in [1.807, 2.05) is 24.3 Å². The monoisotopic (exact) mass is 447 g/mol. The summed E-state index contributed by atoms with van der Waals surface area (Å²) in [6.07, 6.45) is 2.73. The molecular weight excluding hydrogens is 422 g/mol. The minimum atomic E-state index is -0.494. The smallest absolute Gasteiger partial charge is 0.278 e. The van der Waals surface area contributed by atoms with E-state index in [1.54, 1.807) is 30.2 Å². The summed E-state index contributed by atoms with van der Waals surface area (Å²) in [7, 11) is 4.51. The van der Waals surface area contributed by atoms with Gasteiger partial charge >= 0.3 is 0 Å². The molecule has 4 rings (SSSR count). The molecule has 1 aliphatic heterocycles. The Kier molecular flexibility index (Phi) is 6.44. The summed E-state index contributed by atoms with van der Waals surface area (Å²) in [6.45, 7) is 0.912. The van der Waals surface area contributed by atoms with Crippen LogP contribution >= 0.6 is 0 Å². The van der Waals surface area contributed by atoms with Gasteiger partial charge in [-0.3, -0.25) is 9.59 Å². The van der Waals surface area contributed by atoms with Gasteiger partial charge in [0, 0.05) is 19.2 Å². The quantitative estimate of drug-likeness (QED) is 0.577. The maximum atomic E-state index is 13.2. The van der Waals surface area contributed by atoms with E-state index in [9.17, 15) is 9.59 Å². The van der Waals surface area contributed by atoms with Gasteiger partial charge in [-0.25, -0.2) is 0 Å². The first-order valence-corrected chi connectivity index (χ1v) is 10.5. The summed E-state index contributed by atoms with van der Waals surface area (Å²) < 4.78 is 17.4. The average Bonchev–Trinajstić information content (AvgIpc) is 2.88. The molecule has 33 heavy (non-hydrogen) atoms. The van der Waals surface area contributed by atoms with Crippen LogP contribution < -0.4 is 19.6 Å². The molecule has 2 aromatic carbocycles. The van der Waals surface area contributed by atoms with Gasteiger partial charge in [0.1, 0.15) is 0 Å². The predicted octanol–water partition coefficient (Wildman–Crippen LogP) is 3.19. The summed E-state index contributed by atoms with van der Waals surface area (Å²) in [5.74, 6) is 0.820. The fraction of sp³-hybridized carbons (Fsp3) is 0.240. The molecule has 1 aliphatic rings. The van der Waals surface area contributed by atoms with Gasteiger partial charge in [-0.15, -0.1) is 0 Å². The van der Waals surface area contributed by atoms with E-state index in [0.29, 0.717) is 36.7 Å². The van der Waals surface area contributed by atoms with Crippen molar-refractivity contribution in [3.05, 3.63) is 82.2 Å². The Bertz CT molecular complexity index is 1250. The summed E-state index contributed by atoms with van der Waals surface area (Å²) in [6, 6.07) is 16.5. The number of carbonyl (C=O) groups excluding carboxylic acids is 1. The second-order valence-electron chi connectivity index (χ2n) is 7.45. The maximum absolute atomic E-state index is 13.2. The van der Waals surface area contributed by atoms with Crippen LogP contribution in [0.4, 0.5) is 0 Å². The highest BCUT2D eigenvalue weighted by Crippen LogP contribution is 2.30. The van der Waals surface area contributed by atoms with Crippen molar-refractivity contribution in [3.8, 4) is 23.1 Å². The van der Waals surface area contributed by atoms with E-state index in [4.69, 9.17) is 14.2 Å². The molecule has 0 saturated heterocycles. The van der Waals surface area contributed by atoms with Crippen molar-refractivity contribution >= 4 is 11.5 Å². The van der Waals surface area contributed by atoms with E-state index in [1.165, 1.54) is 30.5 Å². The molecule has 170 valence electrons. The molecule has 1 aromatic heterocycles. The van der Waals surface area contributed by atoms with Crippen molar-refractivity contribution < 1.29 is 19.0 Å². The zero-order valence-electron chi connectivity index (χ0n) is 18.8. The molecule has 8 nitrogen and oxygen atoms in total. The van der Waals surface area contributed by atoms with Crippen LogP contribution in [0.3, 0.4) is 0 Å². The number of aromatic nitrogens is 2. The van der Waals surface area contributed by atoms with Gasteiger partial charge < -0.3 is 19.1 Å². The molecule has 8 heteroatoms. The van der Waals surface area contributed by atoms with Gasteiger partial charge in [0.15, 0.2) is 17.2 Å². The third-order valence-electron chi connectivity index (χ3n) is 5.56. The molecule has 0 bridgehead atoms. The van der Waals surface area contributed by atoms with Crippen molar-refractivity contribution in [2.45, 2.75) is 6.42 Å². The van der Waals surface area contributed by atoms with Crippen LogP contribution in [0.1, 0.15) is 22.5 Å². The molecule has 1 amide bonds. The van der Waals surface area contributed by atoms with Crippen LogP contribution in [0.15, 0.2) is 65.5 Å². The van der Waals surface area contributed by atoms with Crippen LogP contribution in [0, 0.1) is 0 Å². The Hall–Kier alpha value is -4.07. The van der Waals surface area contributed by atoms with Gasteiger partial charge in [0.25, 0.3) is 5.91 Å². The highest BCUT2D eigenvalue weighted by Gasteiger charge is 2.24. The van der Waals surface area contributed by atoms with Crippen LogP contribution in [0.25, 0.3) is 11.3 Å². The number of hydrogen-bond acceptors (Lipinski definition) is 6. The molecule has 0 unspecified atom stereocenters. The SMILES string of the molecule is COc1ccc(-n2nc(C(=O)N3CC=C(c4ccccc4)CC3)c(=O)cc2OC)cc1OC. The minimum Gasteiger partial charge on any atom is -0.493 e. The Morgan fingerprint density at radius 2 is 1.70 bits per heavy atom. The number of amides is 1. The van der Waals surface area contributed by atoms with Gasteiger partial charge in [0.05, 0.1) is 33.1 Å². The van der Waals surface area contributed by atoms with Crippen molar-refractivity contribution in [3.63, 3.8) is 0 Å². The third kappa shape index (κ3) is 4.45. The molecule has 0 spiro atoms. The maximum Gasteiger partial charge on any atom is 0.278 e. The third-order valence-corrected chi connectivity index (χ3v) is 5.56. The largest absolute Gasteiger partial charge is 0.493 e. The highest BCUT2D eigenvalue weighted by molar-refractivity contribution is 5.92. The normalized spacial score (nSPS) is 13.3. The van der Waals surface area contributed by atoms with Crippen molar-refractivity contribution in [2.75, 3.05) is 34.4 Å². The van der Waals surface area contributed by atoms with Crippen molar-refractivity contribution in [1.29, 1.82) is 0 Å². The van der Waals surface area contributed by atoms with E-state index < -0.39 is 11.3 Å². The molecule has 3 aromatic rings. The summed E-state index contributed by atoms with van der Waals surface area (Å²) in [4.78, 5) is 27.5. The van der Waals surface area contributed by atoms with Crippen LogP contribution in [-0.4, -0.2) is 55.0 Å². The van der Waals surface area contributed by atoms with Gasteiger partial charge in [0.2, 0.25) is 11.3 Å². The molecule has 0 N–H and O–H groups in total. The fourth-order valence-electron chi connectivity index (χ4n) is 3.79. The molecule has 0 saturated carbocycles. The fourth-order valence-corrected chi connectivity index (χ4v) is 3.79. The number of rotatable bonds is 6. The zero-order chi connectivity index (χ0) is 23.4. The zero-order valence-corrected chi connectivity index (χ0v) is 18.8. The van der Waals surface area contributed by atoms with E-state index in [2.05, 4.69) is 17.2 Å². The first kappa shape index (κ1) is 22.1. The average molecular weight is 447 g/mol. The van der Waals surface area contributed by atoms with E-state index in [0.717, 1.165) is 5.56 Å². The van der Waals surface area contributed by atoms with Gasteiger partial charge in [-0.05, 0) is 29.7 Å². The number of methoxy groups -OCH3 is 3. The van der Waals surface area contributed by atoms with Crippen LogP contribution in [-0.2, 0) is 0 Å². The number of carbonyl (C=O) groups is 1. The molecule has 0 aliphatic carbocycles. The Labute approximate surface area is 191 Å². The summed E-state index contributed by atoms with van der Waals surface area (Å²) in [5.41, 5.74) is 2.23. The first-order chi connectivity index (χ1) is 16.0. The lowest BCUT2D eigenvalue weighted by atomic mass is 9.99. The number of ether oxygens (including phenoxy) is 3. The topological polar surface area (TPSA) is 82.9 Å². The van der Waals surface area contributed by atoms with Gasteiger partial charge in [-0.1, -0.05) is 36.4 Å². The molecule has 2 heterocycles. The lowest BCUT2D eigenvalue weighted by molar-refractivity contribution is 0.0763. The second-order valence-corrected chi connectivity index (χ2v) is 7.45. The molecular formula is C25H25N3O5. The summed E-state index contributed by atoms with van der Waals surface area (Å²) >= 11 is 0. The standard InChI is InChI=1S/C25H25N3O5/c1-31-21-10-9-19(15-22(21)32-2)28-23(33-3)16-20(29)24(26-28)25(30)27-13-11-18(12-14-27)17-7-5-4-6-8-17/h4-11,15-16H,12-14H2,1-3H3. The molecule has 0 radical (unpaired) electrons. The number of nitrogens with zero attached hydrogens (tertiary/aromatic N) is 3. The molecule has 0 atom stereocenters. The lowest BCUT2D eigenvalue weighted by Gasteiger charge is -2.26. The Morgan fingerprint density at radius 1 is 0.939 bits per heavy atom. The predicted molar refractivity (Wildman–Crippen MR) is 124 cm³/mol. The van der Waals surface area contributed by atoms with Crippen LogP contribution in [0.5, 0.6) is 17.4 Å². The number of hydrogen-bond donors (Lipinski definition) is 0.